The largest absolute Gasteiger partial charge is 0.380 e. The Hall–Kier alpha value is -0.890. The van der Waals surface area contributed by atoms with E-state index in [2.05, 4.69) is 15.0 Å². The zero-order chi connectivity index (χ0) is 14.3. The summed E-state index contributed by atoms with van der Waals surface area (Å²) < 4.78 is 31.5. The molecule has 1 aromatic heterocycles. The van der Waals surface area contributed by atoms with Crippen LogP contribution in [0.2, 0.25) is 0 Å². The fraction of sp³-hybridized carbons (Fsp3) is 0.667. The van der Waals surface area contributed by atoms with Crippen LogP contribution in [-0.2, 0) is 21.3 Å². The molecule has 0 unspecified atom stereocenters. The van der Waals surface area contributed by atoms with Crippen molar-refractivity contribution in [1.29, 1.82) is 0 Å². The third-order valence-corrected chi connectivity index (χ3v) is 3.91. The maximum atomic E-state index is 11.9. The van der Waals surface area contributed by atoms with Crippen molar-refractivity contribution in [1.82, 2.24) is 15.0 Å². The molecule has 110 valence electrons. The van der Waals surface area contributed by atoms with E-state index in [-0.39, 0.29) is 11.4 Å². The third-order valence-electron chi connectivity index (χ3n) is 2.47. The minimum atomic E-state index is -3.45. The Labute approximate surface area is 115 Å². The van der Waals surface area contributed by atoms with Crippen molar-refractivity contribution in [2.45, 2.75) is 38.3 Å². The number of rotatable bonds is 9. The molecule has 1 aromatic rings. The van der Waals surface area contributed by atoms with E-state index in [1.807, 2.05) is 20.8 Å². The fourth-order valence-corrected chi connectivity index (χ4v) is 2.50. The monoisotopic (exact) mass is 289 g/mol. The zero-order valence-electron chi connectivity index (χ0n) is 11.7. The van der Waals surface area contributed by atoms with E-state index < -0.39 is 10.0 Å². The Kier molecular flexibility index (Phi) is 6.50. The zero-order valence-corrected chi connectivity index (χ0v) is 12.5. The molecule has 0 saturated carbocycles. The maximum Gasteiger partial charge on any atom is 0.242 e. The van der Waals surface area contributed by atoms with Crippen LogP contribution < -0.4 is 10.0 Å². The van der Waals surface area contributed by atoms with Crippen LogP contribution in [0.4, 0.5) is 0 Å². The smallest absolute Gasteiger partial charge is 0.242 e. The highest BCUT2D eigenvalue weighted by atomic mass is 32.2. The molecule has 3 N–H and O–H groups in total. The number of sulfonamides is 1. The van der Waals surface area contributed by atoms with Crippen molar-refractivity contribution < 1.29 is 13.2 Å². The van der Waals surface area contributed by atoms with Gasteiger partial charge in [-0.15, -0.1) is 0 Å². The highest BCUT2D eigenvalue weighted by Crippen LogP contribution is 2.10. The number of nitrogens with one attached hydrogen (secondary N) is 3. The van der Waals surface area contributed by atoms with Gasteiger partial charge in [-0.2, -0.15) is 0 Å². The van der Waals surface area contributed by atoms with Crippen molar-refractivity contribution in [2.75, 3.05) is 19.8 Å². The van der Waals surface area contributed by atoms with E-state index in [0.29, 0.717) is 25.8 Å². The van der Waals surface area contributed by atoms with Gasteiger partial charge in [-0.05, 0) is 13.0 Å². The van der Waals surface area contributed by atoms with E-state index >= 15 is 0 Å². The summed E-state index contributed by atoms with van der Waals surface area (Å²) in [6.45, 7) is 7.80. The average Bonchev–Trinajstić information content (AvgIpc) is 2.82. The third kappa shape index (κ3) is 5.73. The fourth-order valence-electron chi connectivity index (χ4n) is 1.47. The molecule has 7 heteroatoms. The van der Waals surface area contributed by atoms with Gasteiger partial charge in [-0.3, -0.25) is 0 Å². The van der Waals surface area contributed by atoms with Crippen molar-refractivity contribution in [3.05, 3.63) is 18.0 Å². The summed E-state index contributed by atoms with van der Waals surface area (Å²) in [4.78, 5) is 3.21. The number of ether oxygens (including phenoxy) is 1. The molecule has 0 radical (unpaired) electrons. The molecule has 0 aromatic carbocycles. The minimum absolute atomic E-state index is 0.254. The predicted octanol–water partition coefficient (Wildman–Crippen LogP) is 0.828. The van der Waals surface area contributed by atoms with Crippen LogP contribution in [0.3, 0.4) is 0 Å². The standard InChI is InChI=1S/C12H23N3O3S/c1-4-18-6-5-15-19(16,17)12-7-11(14-9-12)8-13-10(2)3/h7,9-10,13-15H,4-6,8H2,1-3H3. The second kappa shape index (κ2) is 7.64. The topological polar surface area (TPSA) is 83.2 Å². The summed E-state index contributed by atoms with van der Waals surface area (Å²) in [5.74, 6) is 0. The number of hydrogen-bond donors (Lipinski definition) is 3. The van der Waals surface area contributed by atoms with E-state index in [9.17, 15) is 8.42 Å². The average molecular weight is 289 g/mol. The number of aromatic nitrogens is 1. The van der Waals surface area contributed by atoms with E-state index in [0.717, 1.165) is 5.69 Å². The van der Waals surface area contributed by atoms with Crippen LogP contribution in [0, 0.1) is 0 Å². The Balaban J connectivity index is 2.53. The van der Waals surface area contributed by atoms with Crippen LogP contribution in [0.25, 0.3) is 0 Å². The molecule has 0 aliphatic carbocycles. The molecule has 0 fully saturated rings. The first-order valence-corrected chi connectivity index (χ1v) is 7.92. The van der Waals surface area contributed by atoms with Crippen LogP contribution >= 0.6 is 0 Å². The lowest BCUT2D eigenvalue weighted by atomic mass is 10.3. The molecular formula is C12H23N3O3S. The second-order valence-corrected chi connectivity index (χ2v) is 6.26. The summed E-state index contributed by atoms with van der Waals surface area (Å²) in [7, 11) is -3.45. The van der Waals surface area contributed by atoms with Crippen LogP contribution in [0.5, 0.6) is 0 Å². The van der Waals surface area contributed by atoms with Crippen LogP contribution in [-0.4, -0.2) is 39.2 Å². The summed E-state index contributed by atoms with van der Waals surface area (Å²) in [5.41, 5.74) is 0.846. The molecule has 1 heterocycles. The van der Waals surface area contributed by atoms with Crippen molar-refractivity contribution in [2.24, 2.45) is 0 Å². The van der Waals surface area contributed by atoms with Gasteiger partial charge in [0.25, 0.3) is 0 Å². The number of hydrogen-bond acceptors (Lipinski definition) is 4. The molecule has 1 rings (SSSR count). The Morgan fingerprint density at radius 3 is 2.79 bits per heavy atom. The lowest BCUT2D eigenvalue weighted by Gasteiger charge is -2.06. The van der Waals surface area contributed by atoms with Gasteiger partial charge in [0.15, 0.2) is 0 Å². The van der Waals surface area contributed by atoms with E-state index in [1.54, 1.807) is 6.07 Å². The Morgan fingerprint density at radius 2 is 2.16 bits per heavy atom. The van der Waals surface area contributed by atoms with Crippen molar-refractivity contribution in [3.8, 4) is 0 Å². The normalized spacial score (nSPS) is 12.2. The highest BCUT2D eigenvalue weighted by Gasteiger charge is 2.15. The highest BCUT2D eigenvalue weighted by molar-refractivity contribution is 7.89. The van der Waals surface area contributed by atoms with Gasteiger partial charge in [0.05, 0.1) is 11.5 Å². The molecule has 0 spiro atoms. The summed E-state index contributed by atoms with van der Waals surface area (Å²) in [5, 5.41) is 3.22. The number of aromatic amines is 1. The van der Waals surface area contributed by atoms with Gasteiger partial charge in [-0.1, -0.05) is 13.8 Å². The Bertz CT molecular complexity index is 468. The van der Waals surface area contributed by atoms with Gasteiger partial charge in [-0.25, -0.2) is 13.1 Å². The van der Waals surface area contributed by atoms with E-state index in [4.69, 9.17) is 4.74 Å². The van der Waals surface area contributed by atoms with Gasteiger partial charge < -0.3 is 15.0 Å². The van der Waals surface area contributed by atoms with E-state index in [1.165, 1.54) is 6.20 Å². The second-order valence-electron chi connectivity index (χ2n) is 4.49. The summed E-state index contributed by atoms with van der Waals surface area (Å²) in [6, 6.07) is 1.99. The molecule has 19 heavy (non-hydrogen) atoms. The van der Waals surface area contributed by atoms with Crippen molar-refractivity contribution >= 4 is 10.0 Å². The minimum Gasteiger partial charge on any atom is -0.380 e. The quantitative estimate of drug-likeness (QED) is 0.588. The maximum absolute atomic E-state index is 11.9. The Morgan fingerprint density at radius 1 is 1.42 bits per heavy atom. The number of H-pyrrole nitrogens is 1. The van der Waals surface area contributed by atoms with Gasteiger partial charge in [0, 0.05) is 37.6 Å². The molecule has 0 bridgehead atoms. The van der Waals surface area contributed by atoms with Crippen molar-refractivity contribution in [3.63, 3.8) is 0 Å². The van der Waals surface area contributed by atoms with Gasteiger partial charge >= 0.3 is 0 Å². The first-order chi connectivity index (χ1) is 8.95. The molecule has 0 saturated heterocycles. The predicted molar refractivity (Wildman–Crippen MR) is 74.4 cm³/mol. The van der Waals surface area contributed by atoms with Crippen LogP contribution in [0.1, 0.15) is 26.5 Å². The first kappa shape index (κ1) is 16.2. The van der Waals surface area contributed by atoms with Crippen LogP contribution in [0.15, 0.2) is 17.2 Å². The molecule has 0 atom stereocenters. The molecule has 0 amide bonds. The molecule has 6 nitrogen and oxygen atoms in total. The lowest BCUT2D eigenvalue weighted by molar-refractivity contribution is 0.153. The molecule has 0 aliphatic rings. The molecular weight excluding hydrogens is 266 g/mol. The summed E-state index contributed by atoms with van der Waals surface area (Å²) in [6.07, 6.45) is 1.50. The first-order valence-electron chi connectivity index (χ1n) is 6.43. The summed E-state index contributed by atoms with van der Waals surface area (Å²) >= 11 is 0. The SMILES string of the molecule is CCOCCNS(=O)(=O)c1c[nH]c(CNC(C)C)c1. The van der Waals surface area contributed by atoms with Gasteiger partial charge in [0.2, 0.25) is 10.0 Å². The molecule has 0 aliphatic heterocycles. The lowest BCUT2D eigenvalue weighted by Crippen LogP contribution is -2.27. The van der Waals surface area contributed by atoms with Gasteiger partial charge in [0.1, 0.15) is 0 Å².